The number of benzene rings is 2. The summed E-state index contributed by atoms with van der Waals surface area (Å²) in [6.07, 6.45) is -1.63. The Kier molecular flexibility index (Phi) is 6.63. The largest absolute Gasteiger partial charge is 0.472 e. The lowest BCUT2D eigenvalue weighted by atomic mass is 10.1. The molecule has 1 aliphatic heterocycles. The van der Waals surface area contributed by atoms with Crippen molar-refractivity contribution in [2.24, 2.45) is 5.92 Å². The van der Waals surface area contributed by atoms with Crippen LogP contribution < -0.4 is 15.5 Å². The Morgan fingerprint density at radius 2 is 1.83 bits per heavy atom. The number of alkyl halides is 3. The van der Waals surface area contributed by atoms with Crippen molar-refractivity contribution in [1.82, 2.24) is 0 Å². The Morgan fingerprint density at radius 3 is 2.46 bits per heavy atom. The molecule has 182 valence electrons. The lowest BCUT2D eigenvalue weighted by Crippen LogP contribution is -2.28. The molecule has 1 aliphatic rings. The highest BCUT2D eigenvalue weighted by molar-refractivity contribution is 6.05. The Bertz CT molecular complexity index is 1240. The summed E-state index contributed by atoms with van der Waals surface area (Å²) in [4.78, 5) is 38.9. The number of hydrogen-bond acceptors (Lipinski definition) is 4. The predicted octanol–water partition coefficient (Wildman–Crippen LogP) is 5.10. The fraction of sp³-hybridized carbons (Fsp3) is 0.240. The van der Waals surface area contributed by atoms with Crippen LogP contribution in [-0.2, 0) is 22.2 Å². The summed E-state index contributed by atoms with van der Waals surface area (Å²) < 4.78 is 46.0. The summed E-state index contributed by atoms with van der Waals surface area (Å²) >= 11 is 0. The molecule has 0 saturated carbocycles. The van der Waals surface area contributed by atoms with E-state index >= 15 is 0 Å². The minimum atomic E-state index is -4.79. The van der Waals surface area contributed by atoms with Gasteiger partial charge < -0.3 is 20.0 Å². The highest BCUT2D eigenvalue weighted by Crippen LogP contribution is 2.37. The number of nitrogens with zero attached hydrogens (tertiary/aromatic N) is 1. The standard InChI is InChI=1S/C25H22F3N3O4/c1-2-15-3-6-19(7-4-15)31-13-17(11-22(31)32)24(34)30-21-8-5-18(12-20(21)25(26,27)28)29-23(33)16-9-10-35-14-16/h3-10,12,14,17H,2,11,13H2,1H3,(H,29,33)(H,30,34). The van der Waals surface area contributed by atoms with Gasteiger partial charge in [-0.15, -0.1) is 0 Å². The second kappa shape index (κ2) is 9.65. The van der Waals surface area contributed by atoms with Crippen LogP contribution in [0.2, 0.25) is 0 Å². The quantitative estimate of drug-likeness (QED) is 0.508. The summed E-state index contributed by atoms with van der Waals surface area (Å²) in [6.45, 7) is 2.07. The number of carbonyl (C=O) groups excluding carboxylic acids is 3. The lowest BCUT2D eigenvalue weighted by molar-refractivity contribution is -0.137. The van der Waals surface area contributed by atoms with Crippen molar-refractivity contribution in [3.05, 3.63) is 77.7 Å². The van der Waals surface area contributed by atoms with Gasteiger partial charge in [0, 0.05) is 24.3 Å². The number of anilines is 3. The highest BCUT2D eigenvalue weighted by atomic mass is 19.4. The van der Waals surface area contributed by atoms with Crippen molar-refractivity contribution < 1.29 is 32.0 Å². The van der Waals surface area contributed by atoms with E-state index < -0.39 is 35.2 Å². The first-order chi connectivity index (χ1) is 16.7. The van der Waals surface area contributed by atoms with E-state index in [0.29, 0.717) is 5.69 Å². The van der Waals surface area contributed by atoms with E-state index in [1.165, 1.54) is 29.6 Å². The maximum atomic E-state index is 13.7. The van der Waals surface area contributed by atoms with E-state index in [-0.39, 0.29) is 30.1 Å². The molecule has 0 aliphatic carbocycles. The van der Waals surface area contributed by atoms with E-state index in [4.69, 9.17) is 4.42 Å². The molecule has 2 N–H and O–H groups in total. The molecule has 1 saturated heterocycles. The van der Waals surface area contributed by atoms with Gasteiger partial charge in [-0.1, -0.05) is 19.1 Å². The number of aryl methyl sites for hydroxylation is 1. The van der Waals surface area contributed by atoms with Gasteiger partial charge in [-0.2, -0.15) is 13.2 Å². The summed E-state index contributed by atoms with van der Waals surface area (Å²) in [7, 11) is 0. The summed E-state index contributed by atoms with van der Waals surface area (Å²) in [5.41, 5.74) is 0.208. The Balaban J connectivity index is 1.49. The molecular formula is C25H22F3N3O4. The number of amides is 3. The molecule has 0 bridgehead atoms. The number of hydrogen-bond donors (Lipinski definition) is 2. The van der Waals surface area contributed by atoms with Gasteiger partial charge in [0.2, 0.25) is 11.8 Å². The van der Waals surface area contributed by atoms with Crippen LogP contribution in [0.3, 0.4) is 0 Å². The Labute approximate surface area is 198 Å². The topological polar surface area (TPSA) is 91.7 Å². The van der Waals surface area contributed by atoms with Gasteiger partial charge >= 0.3 is 6.18 Å². The smallest absolute Gasteiger partial charge is 0.418 e. The van der Waals surface area contributed by atoms with Crippen molar-refractivity contribution in [2.75, 3.05) is 22.1 Å². The third-order valence-electron chi connectivity index (χ3n) is 5.78. The SMILES string of the molecule is CCc1ccc(N2CC(C(=O)Nc3ccc(NC(=O)c4ccoc4)cc3C(F)(F)F)CC2=O)cc1. The summed E-state index contributed by atoms with van der Waals surface area (Å²) in [5.74, 6) is -2.41. The zero-order valence-electron chi connectivity index (χ0n) is 18.7. The average molecular weight is 485 g/mol. The number of halogens is 3. The molecule has 1 unspecified atom stereocenters. The molecule has 3 aromatic rings. The van der Waals surface area contributed by atoms with Crippen molar-refractivity contribution in [3.63, 3.8) is 0 Å². The fourth-order valence-corrected chi connectivity index (χ4v) is 3.84. The van der Waals surface area contributed by atoms with E-state index in [9.17, 15) is 27.6 Å². The van der Waals surface area contributed by atoms with Crippen LogP contribution >= 0.6 is 0 Å². The molecule has 35 heavy (non-hydrogen) atoms. The van der Waals surface area contributed by atoms with Crippen LogP contribution in [0.25, 0.3) is 0 Å². The van der Waals surface area contributed by atoms with Crippen molar-refractivity contribution in [1.29, 1.82) is 0 Å². The molecule has 1 aromatic heterocycles. The van der Waals surface area contributed by atoms with Crippen LogP contribution in [0.15, 0.2) is 65.5 Å². The first-order valence-corrected chi connectivity index (χ1v) is 10.9. The zero-order valence-corrected chi connectivity index (χ0v) is 18.7. The van der Waals surface area contributed by atoms with Gasteiger partial charge in [-0.3, -0.25) is 14.4 Å². The summed E-state index contributed by atoms with van der Waals surface area (Å²) in [5, 5.41) is 4.68. The monoisotopic (exact) mass is 485 g/mol. The normalized spacial score (nSPS) is 15.8. The highest BCUT2D eigenvalue weighted by Gasteiger charge is 2.38. The number of carbonyl (C=O) groups is 3. The van der Waals surface area contributed by atoms with Crippen molar-refractivity contribution in [3.8, 4) is 0 Å². The molecular weight excluding hydrogens is 463 g/mol. The molecule has 1 atom stereocenters. The molecule has 0 radical (unpaired) electrons. The Hall–Kier alpha value is -4.08. The van der Waals surface area contributed by atoms with Gasteiger partial charge in [0.15, 0.2) is 0 Å². The van der Waals surface area contributed by atoms with Gasteiger partial charge in [-0.05, 0) is 48.4 Å². The van der Waals surface area contributed by atoms with Gasteiger partial charge in [0.25, 0.3) is 5.91 Å². The van der Waals surface area contributed by atoms with Gasteiger partial charge in [-0.25, -0.2) is 0 Å². The van der Waals surface area contributed by atoms with Gasteiger partial charge in [0.05, 0.1) is 29.0 Å². The molecule has 0 spiro atoms. The number of furan rings is 1. The first-order valence-electron chi connectivity index (χ1n) is 10.9. The predicted molar refractivity (Wildman–Crippen MR) is 123 cm³/mol. The Morgan fingerprint density at radius 1 is 1.09 bits per heavy atom. The van der Waals surface area contributed by atoms with E-state index in [1.54, 1.807) is 12.1 Å². The first kappa shape index (κ1) is 24.1. The van der Waals surface area contributed by atoms with Crippen molar-refractivity contribution >= 4 is 34.8 Å². The van der Waals surface area contributed by atoms with Crippen LogP contribution in [0.4, 0.5) is 30.2 Å². The van der Waals surface area contributed by atoms with E-state index in [1.807, 2.05) is 19.1 Å². The van der Waals surface area contributed by atoms with Crippen molar-refractivity contribution in [2.45, 2.75) is 25.9 Å². The third kappa shape index (κ3) is 5.37. The minimum Gasteiger partial charge on any atom is -0.472 e. The minimum absolute atomic E-state index is 0.0658. The van der Waals surface area contributed by atoms with Crippen LogP contribution in [-0.4, -0.2) is 24.3 Å². The van der Waals surface area contributed by atoms with E-state index in [0.717, 1.165) is 24.1 Å². The molecule has 3 amide bonds. The molecule has 2 aromatic carbocycles. The van der Waals surface area contributed by atoms with Crippen LogP contribution in [0.5, 0.6) is 0 Å². The van der Waals surface area contributed by atoms with Crippen LogP contribution in [0.1, 0.15) is 34.8 Å². The number of nitrogens with one attached hydrogen (secondary N) is 2. The fourth-order valence-electron chi connectivity index (χ4n) is 3.84. The molecule has 10 heteroatoms. The molecule has 2 heterocycles. The van der Waals surface area contributed by atoms with E-state index in [2.05, 4.69) is 10.6 Å². The second-order valence-electron chi connectivity index (χ2n) is 8.14. The zero-order chi connectivity index (χ0) is 25.2. The second-order valence-corrected chi connectivity index (χ2v) is 8.14. The maximum absolute atomic E-state index is 13.7. The van der Waals surface area contributed by atoms with Crippen LogP contribution in [0, 0.1) is 5.92 Å². The number of rotatable bonds is 6. The third-order valence-corrected chi connectivity index (χ3v) is 5.78. The molecule has 7 nitrogen and oxygen atoms in total. The lowest BCUT2D eigenvalue weighted by Gasteiger charge is -2.18. The molecule has 4 rings (SSSR count). The average Bonchev–Trinajstić information content (AvgIpc) is 3.50. The summed E-state index contributed by atoms with van der Waals surface area (Å²) in [6, 6.07) is 11.8. The molecule has 1 fully saturated rings. The van der Waals surface area contributed by atoms with Gasteiger partial charge in [0.1, 0.15) is 6.26 Å². The maximum Gasteiger partial charge on any atom is 0.418 e.